The predicted molar refractivity (Wildman–Crippen MR) is 35.4 cm³/mol. The second-order valence-electron chi connectivity index (χ2n) is 1.03. The largest absolute Gasteiger partial charge is 0.466 e. The molecule has 0 spiro atoms. The van der Waals surface area contributed by atoms with Gasteiger partial charge in [0.2, 0.25) is 0 Å². The molecule has 58 valence electrons. The standard InChI is InChI=1S/C2H4Cl2.H3O4P/c1-2(3)4;1-5(2,3)4/h2H,1H3;(H3,1,2,3,4). The van der Waals surface area contributed by atoms with E-state index in [9.17, 15) is 0 Å². The van der Waals surface area contributed by atoms with E-state index >= 15 is 0 Å². The zero-order valence-corrected chi connectivity index (χ0v) is 6.94. The molecule has 0 fully saturated rings. The van der Waals surface area contributed by atoms with E-state index in [2.05, 4.69) is 0 Å². The van der Waals surface area contributed by atoms with Gasteiger partial charge in [0.05, 0.1) is 0 Å². The molecule has 0 aliphatic carbocycles. The van der Waals surface area contributed by atoms with Crippen LogP contribution in [-0.4, -0.2) is 19.5 Å². The topological polar surface area (TPSA) is 77.8 Å². The summed E-state index contributed by atoms with van der Waals surface area (Å²) in [4.78, 5) is 21.3. The van der Waals surface area contributed by atoms with Crippen molar-refractivity contribution in [2.45, 2.75) is 11.8 Å². The van der Waals surface area contributed by atoms with E-state index in [4.69, 9.17) is 42.4 Å². The minimum absolute atomic E-state index is 0.222. The summed E-state index contributed by atoms with van der Waals surface area (Å²) in [6, 6.07) is 0. The van der Waals surface area contributed by atoms with Crippen molar-refractivity contribution in [3.63, 3.8) is 0 Å². The molecule has 0 atom stereocenters. The fourth-order valence-electron chi connectivity index (χ4n) is 0. The predicted octanol–water partition coefficient (Wildman–Crippen LogP) is 0.881. The lowest BCUT2D eigenvalue weighted by Gasteiger charge is -1.82. The van der Waals surface area contributed by atoms with Crippen LogP contribution < -0.4 is 0 Å². The number of halogens is 2. The Morgan fingerprint density at radius 2 is 1.33 bits per heavy atom. The first kappa shape index (κ1) is 12.4. The lowest BCUT2D eigenvalue weighted by atomic mass is 11.0. The zero-order valence-electron chi connectivity index (χ0n) is 4.53. The summed E-state index contributed by atoms with van der Waals surface area (Å²) in [5, 5.41) is 0. The van der Waals surface area contributed by atoms with Crippen LogP contribution in [0, 0.1) is 0 Å². The van der Waals surface area contributed by atoms with Crippen molar-refractivity contribution in [1.82, 2.24) is 0 Å². The third kappa shape index (κ3) is 817. The molecule has 0 aromatic carbocycles. The molecule has 0 aliphatic heterocycles. The average Bonchev–Trinajstić information content (AvgIpc) is 1.19. The Morgan fingerprint density at radius 1 is 1.33 bits per heavy atom. The third-order valence-corrected chi connectivity index (χ3v) is 0. The summed E-state index contributed by atoms with van der Waals surface area (Å²) >= 11 is 10.1. The normalized spacial score (nSPS) is 10.6. The number of phosphoric acid groups is 1. The van der Waals surface area contributed by atoms with Gasteiger partial charge in [-0.3, -0.25) is 0 Å². The van der Waals surface area contributed by atoms with Gasteiger partial charge in [-0.05, 0) is 6.92 Å². The second-order valence-corrected chi connectivity index (χ2v) is 3.59. The molecular weight excluding hydrogens is 190 g/mol. The Bertz CT molecular complexity index is 87.7. The Morgan fingerprint density at radius 3 is 1.33 bits per heavy atom. The molecule has 0 unspecified atom stereocenters. The van der Waals surface area contributed by atoms with Gasteiger partial charge in [0.25, 0.3) is 0 Å². The molecule has 3 N–H and O–H groups in total. The fraction of sp³-hybridized carbons (Fsp3) is 1.00. The van der Waals surface area contributed by atoms with Crippen molar-refractivity contribution in [2.75, 3.05) is 0 Å². The molecule has 0 radical (unpaired) electrons. The van der Waals surface area contributed by atoms with Crippen molar-refractivity contribution in [1.29, 1.82) is 0 Å². The third-order valence-electron chi connectivity index (χ3n) is 0. The summed E-state index contributed by atoms with van der Waals surface area (Å²) in [6.07, 6.45) is 0. The van der Waals surface area contributed by atoms with E-state index in [1.807, 2.05) is 0 Å². The summed E-state index contributed by atoms with van der Waals surface area (Å²) in [6.45, 7) is 1.70. The van der Waals surface area contributed by atoms with Gasteiger partial charge < -0.3 is 14.7 Å². The lowest BCUT2D eigenvalue weighted by molar-refractivity contribution is 0.275. The SMILES string of the molecule is CC(Cl)Cl.O=P(O)(O)O. The summed E-state index contributed by atoms with van der Waals surface area (Å²) in [5.41, 5.74) is 0. The van der Waals surface area contributed by atoms with Crippen LogP contribution >= 0.6 is 31.0 Å². The Hall–Kier alpha value is 0.690. The molecule has 0 aromatic heterocycles. The Balaban J connectivity index is 0. The molecule has 0 rings (SSSR count). The van der Waals surface area contributed by atoms with Crippen molar-refractivity contribution in [3.05, 3.63) is 0 Å². The van der Waals surface area contributed by atoms with Gasteiger partial charge in [-0.25, -0.2) is 4.57 Å². The van der Waals surface area contributed by atoms with E-state index in [0.717, 1.165) is 0 Å². The molecule has 0 saturated heterocycles. The van der Waals surface area contributed by atoms with Crippen LogP contribution in [-0.2, 0) is 4.57 Å². The molecule has 0 aromatic rings. The van der Waals surface area contributed by atoms with Crippen molar-refractivity contribution in [2.24, 2.45) is 0 Å². The molecule has 0 heterocycles. The van der Waals surface area contributed by atoms with E-state index in [-0.39, 0.29) is 4.84 Å². The van der Waals surface area contributed by atoms with Crippen LogP contribution in [0.15, 0.2) is 0 Å². The van der Waals surface area contributed by atoms with Crippen LogP contribution in [0.3, 0.4) is 0 Å². The van der Waals surface area contributed by atoms with E-state index in [1.54, 1.807) is 6.92 Å². The van der Waals surface area contributed by atoms with Gasteiger partial charge in [0.15, 0.2) is 0 Å². The molecule has 0 bridgehead atoms. The molecule has 7 heteroatoms. The molecular formula is C2H7Cl2O4P. The lowest BCUT2D eigenvalue weighted by Crippen LogP contribution is -1.66. The summed E-state index contributed by atoms with van der Waals surface area (Å²) in [7, 11) is -4.64. The summed E-state index contributed by atoms with van der Waals surface area (Å²) < 4.78 is 8.88. The second kappa shape index (κ2) is 5.47. The molecule has 0 aliphatic rings. The highest BCUT2D eigenvalue weighted by Gasteiger charge is 2.00. The Kier molecular flexibility index (Phi) is 7.52. The first-order valence-electron chi connectivity index (χ1n) is 1.80. The number of hydrogen-bond acceptors (Lipinski definition) is 1. The average molecular weight is 197 g/mol. The quantitative estimate of drug-likeness (QED) is 0.397. The number of hydrogen-bond donors (Lipinski definition) is 3. The van der Waals surface area contributed by atoms with Crippen LogP contribution in [0.2, 0.25) is 0 Å². The van der Waals surface area contributed by atoms with Crippen LogP contribution in [0.5, 0.6) is 0 Å². The molecule has 0 saturated carbocycles. The van der Waals surface area contributed by atoms with E-state index in [0.29, 0.717) is 0 Å². The van der Waals surface area contributed by atoms with E-state index < -0.39 is 7.82 Å². The van der Waals surface area contributed by atoms with Gasteiger partial charge in [-0.15, -0.1) is 23.2 Å². The molecule has 0 amide bonds. The highest BCUT2D eigenvalue weighted by atomic mass is 35.5. The van der Waals surface area contributed by atoms with Crippen LogP contribution in [0.4, 0.5) is 0 Å². The highest BCUT2D eigenvalue weighted by molar-refractivity contribution is 7.45. The number of rotatable bonds is 0. The first-order valence-corrected chi connectivity index (χ1v) is 4.23. The van der Waals surface area contributed by atoms with Crippen molar-refractivity contribution in [3.8, 4) is 0 Å². The Labute approximate surface area is 62.6 Å². The maximum atomic E-state index is 8.88. The molecule has 9 heavy (non-hydrogen) atoms. The molecule has 4 nitrogen and oxygen atoms in total. The highest BCUT2D eigenvalue weighted by Crippen LogP contribution is 2.25. The smallest absolute Gasteiger partial charge is 0.303 e. The van der Waals surface area contributed by atoms with E-state index in [1.165, 1.54) is 0 Å². The summed E-state index contributed by atoms with van der Waals surface area (Å²) in [5.74, 6) is 0. The van der Waals surface area contributed by atoms with Crippen LogP contribution in [0.25, 0.3) is 0 Å². The monoisotopic (exact) mass is 196 g/mol. The van der Waals surface area contributed by atoms with Gasteiger partial charge in [-0.2, -0.15) is 0 Å². The van der Waals surface area contributed by atoms with Gasteiger partial charge in [-0.1, -0.05) is 0 Å². The maximum absolute atomic E-state index is 8.88. The number of alkyl halides is 2. The van der Waals surface area contributed by atoms with Crippen molar-refractivity contribution < 1.29 is 19.2 Å². The van der Waals surface area contributed by atoms with Gasteiger partial charge in [0, 0.05) is 0 Å². The minimum Gasteiger partial charge on any atom is -0.303 e. The maximum Gasteiger partial charge on any atom is 0.466 e. The van der Waals surface area contributed by atoms with Gasteiger partial charge in [0.1, 0.15) is 4.84 Å². The van der Waals surface area contributed by atoms with Gasteiger partial charge >= 0.3 is 7.82 Å². The first-order chi connectivity index (χ1) is 3.73. The minimum atomic E-state index is -4.64. The fourth-order valence-corrected chi connectivity index (χ4v) is 0. The zero-order chi connectivity index (χ0) is 8.08. The van der Waals surface area contributed by atoms with Crippen molar-refractivity contribution >= 4 is 31.0 Å². The van der Waals surface area contributed by atoms with Crippen LogP contribution in [0.1, 0.15) is 6.92 Å².